The van der Waals surface area contributed by atoms with E-state index in [0.717, 1.165) is 33.6 Å². The van der Waals surface area contributed by atoms with Crippen LogP contribution in [0.2, 0.25) is 0 Å². The van der Waals surface area contributed by atoms with Crippen LogP contribution >= 0.6 is 15.9 Å². The first kappa shape index (κ1) is 14.8. The molecule has 3 aromatic rings. The van der Waals surface area contributed by atoms with Gasteiger partial charge in [0.1, 0.15) is 16.0 Å². The second-order valence-electron chi connectivity index (χ2n) is 5.08. The van der Waals surface area contributed by atoms with Crippen LogP contribution in [0, 0.1) is 13.8 Å². The maximum Gasteiger partial charge on any atom is 0.223 e. The molecule has 2 N–H and O–H groups in total. The fourth-order valence-corrected chi connectivity index (χ4v) is 3.05. The average molecular weight is 362 g/mol. The van der Waals surface area contributed by atoms with Crippen LogP contribution in [0.15, 0.2) is 23.1 Å². The van der Waals surface area contributed by atoms with Gasteiger partial charge in [-0.2, -0.15) is 4.98 Å². The number of nitrogens with two attached hydrogens (primary N) is 1. The molecule has 0 aliphatic carbocycles. The first-order chi connectivity index (χ1) is 10.5. The molecule has 0 spiro atoms. The molecule has 0 fully saturated rings. The van der Waals surface area contributed by atoms with Gasteiger partial charge in [-0.15, -0.1) is 0 Å². The topological polar surface area (TPSA) is 78.8 Å². The number of nitrogen functional groups attached to an aromatic ring is 1. The Morgan fingerprint density at radius 2 is 2.09 bits per heavy atom. The van der Waals surface area contributed by atoms with E-state index >= 15 is 0 Å². The Balaban J connectivity index is 2.08. The molecule has 0 bridgehead atoms. The zero-order chi connectivity index (χ0) is 15.9. The number of fused-ring (bicyclic) bond motifs is 1. The summed E-state index contributed by atoms with van der Waals surface area (Å²) in [6.45, 7) is 4.61. The molecule has 0 aliphatic heterocycles. The summed E-state index contributed by atoms with van der Waals surface area (Å²) in [7, 11) is 1.66. The highest BCUT2D eigenvalue weighted by molar-refractivity contribution is 9.10. The van der Waals surface area contributed by atoms with Crippen molar-refractivity contribution >= 4 is 32.9 Å². The minimum atomic E-state index is 0.246. The van der Waals surface area contributed by atoms with Gasteiger partial charge in [-0.25, -0.2) is 4.98 Å². The van der Waals surface area contributed by atoms with Crippen LogP contribution in [0.4, 0.5) is 5.95 Å². The molecule has 0 unspecified atom stereocenters. The quantitative estimate of drug-likeness (QED) is 0.725. The minimum Gasteiger partial charge on any atom is -0.495 e. The second-order valence-corrected chi connectivity index (χ2v) is 5.83. The number of rotatable bonds is 3. The lowest BCUT2D eigenvalue weighted by Crippen LogP contribution is -2.06. The monoisotopic (exact) mass is 361 g/mol. The summed E-state index contributed by atoms with van der Waals surface area (Å²) >= 11 is 3.42. The largest absolute Gasteiger partial charge is 0.495 e. The predicted molar refractivity (Wildman–Crippen MR) is 89.0 cm³/mol. The van der Waals surface area contributed by atoms with Crippen LogP contribution in [0.3, 0.4) is 0 Å². The molecule has 0 radical (unpaired) electrons. The molecule has 0 saturated heterocycles. The zero-order valence-corrected chi connectivity index (χ0v) is 14.2. The smallest absolute Gasteiger partial charge is 0.223 e. The molecule has 0 aromatic carbocycles. The molecule has 3 heterocycles. The van der Waals surface area contributed by atoms with Crippen molar-refractivity contribution in [2.75, 3.05) is 12.8 Å². The Morgan fingerprint density at radius 1 is 1.32 bits per heavy atom. The number of pyridine rings is 1. The van der Waals surface area contributed by atoms with E-state index in [0.29, 0.717) is 11.1 Å². The molecule has 3 rings (SSSR count). The number of hydrogen-bond donors (Lipinski definition) is 1. The SMILES string of the molecule is COc1c(C)ncc(Cn2ccc3c(Br)nc(N)nc32)c1C. The van der Waals surface area contributed by atoms with Gasteiger partial charge >= 0.3 is 0 Å². The lowest BCUT2D eigenvalue weighted by Gasteiger charge is -2.13. The molecule has 0 saturated carbocycles. The van der Waals surface area contributed by atoms with Crippen LogP contribution in [0.1, 0.15) is 16.8 Å². The van der Waals surface area contributed by atoms with E-state index in [1.807, 2.05) is 36.9 Å². The van der Waals surface area contributed by atoms with Crippen molar-refractivity contribution in [2.45, 2.75) is 20.4 Å². The van der Waals surface area contributed by atoms with Gasteiger partial charge in [0.15, 0.2) is 0 Å². The van der Waals surface area contributed by atoms with Crippen molar-refractivity contribution in [3.63, 3.8) is 0 Å². The van der Waals surface area contributed by atoms with Crippen molar-refractivity contribution in [1.29, 1.82) is 0 Å². The number of anilines is 1. The number of ether oxygens (including phenoxy) is 1. The molecule has 0 aliphatic rings. The van der Waals surface area contributed by atoms with E-state index in [1.54, 1.807) is 7.11 Å². The summed E-state index contributed by atoms with van der Waals surface area (Å²) in [6.07, 6.45) is 3.84. The summed E-state index contributed by atoms with van der Waals surface area (Å²) in [4.78, 5) is 12.8. The summed E-state index contributed by atoms with van der Waals surface area (Å²) < 4.78 is 8.16. The van der Waals surface area contributed by atoms with Crippen molar-refractivity contribution < 1.29 is 4.74 Å². The summed E-state index contributed by atoms with van der Waals surface area (Å²) in [6, 6.07) is 1.97. The fraction of sp³-hybridized carbons (Fsp3) is 0.267. The highest BCUT2D eigenvalue weighted by Gasteiger charge is 2.13. The van der Waals surface area contributed by atoms with Gasteiger partial charge in [0.25, 0.3) is 0 Å². The summed E-state index contributed by atoms with van der Waals surface area (Å²) in [5, 5.41) is 0.930. The summed E-state index contributed by atoms with van der Waals surface area (Å²) in [5.74, 6) is 1.07. The van der Waals surface area contributed by atoms with Gasteiger partial charge in [0.05, 0.1) is 24.7 Å². The Labute approximate surface area is 136 Å². The van der Waals surface area contributed by atoms with Crippen molar-refractivity contribution in [3.8, 4) is 5.75 Å². The zero-order valence-electron chi connectivity index (χ0n) is 12.6. The molecule has 3 aromatic heterocycles. The molecule has 0 atom stereocenters. The van der Waals surface area contributed by atoms with Gasteiger partial charge in [0.2, 0.25) is 5.95 Å². The third-order valence-electron chi connectivity index (χ3n) is 3.70. The first-order valence-electron chi connectivity index (χ1n) is 6.78. The third-order valence-corrected chi connectivity index (χ3v) is 4.30. The maximum absolute atomic E-state index is 5.74. The van der Waals surface area contributed by atoms with Crippen molar-refractivity contribution in [1.82, 2.24) is 19.5 Å². The minimum absolute atomic E-state index is 0.246. The second kappa shape index (κ2) is 5.57. The highest BCUT2D eigenvalue weighted by atomic mass is 79.9. The standard InChI is InChI=1S/C15H16BrN5O/c1-8-10(6-18-9(2)12(8)22-3)7-21-5-4-11-13(16)19-15(17)20-14(11)21/h4-6H,7H2,1-3H3,(H2,17,19,20). The number of aryl methyl sites for hydroxylation is 1. The van der Waals surface area contributed by atoms with Crippen molar-refractivity contribution in [2.24, 2.45) is 0 Å². The van der Waals surface area contributed by atoms with Crippen molar-refractivity contribution in [3.05, 3.63) is 39.9 Å². The molecule has 22 heavy (non-hydrogen) atoms. The van der Waals surface area contributed by atoms with Crippen LogP contribution < -0.4 is 10.5 Å². The van der Waals surface area contributed by atoms with Gasteiger partial charge < -0.3 is 15.0 Å². The number of aromatic nitrogens is 4. The Bertz CT molecular complexity index is 859. The first-order valence-corrected chi connectivity index (χ1v) is 7.57. The Morgan fingerprint density at radius 3 is 2.82 bits per heavy atom. The predicted octanol–water partition coefficient (Wildman–Crippen LogP) is 2.84. The molecular formula is C15H16BrN5O. The van der Waals surface area contributed by atoms with E-state index in [9.17, 15) is 0 Å². The number of methoxy groups -OCH3 is 1. The average Bonchev–Trinajstić information content (AvgIpc) is 2.86. The molecular weight excluding hydrogens is 346 g/mol. The Hall–Kier alpha value is -2.15. The van der Waals surface area contributed by atoms with E-state index in [1.165, 1.54) is 0 Å². The van der Waals surface area contributed by atoms with Gasteiger partial charge in [0, 0.05) is 12.4 Å². The molecule has 0 amide bonds. The van der Waals surface area contributed by atoms with Gasteiger partial charge in [-0.1, -0.05) is 0 Å². The van der Waals surface area contributed by atoms with Crippen LogP contribution in [-0.4, -0.2) is 26.6 Å². The number of nitrogens with zero attached hydrogens (tertiary/aromatic N) is 4. The third kappa shape index (κ3) is 2.41. The van der Waals surface area contributed by atoms with E-state index in [4.69, 9.17) is 10.5 Å². The Kier molecular flexibility index (Phi) is 3.74. The highest BCUT2D eigenvalue weighted by Crippen LogP contribution is 2.27. The number of halogens is 1. The normalized spacial score (nSPS) is 11.1. The number of hydrogen-bond acceptors (Lipinski definition) is 5. The van der Waals surface area contributed by atoms with E-state index in [2.05, 4.69) is 30.9 Å². The van der Waals surface area contributed by atoms with E-state index in [-0.39, 0.29) is 5.95 Å². The van der Waals surface area contributed by atoms with Gasteiger partial charge in [-0.3, -0.25) is 4.98 Å². The van der Waals surface area contributed by atoms with Crippen LogP contribution in [-0.2, 0) is 6.54 Å². The van der Waals surface area contributed by atoms with Gasteiger partial charge in [-0.05, 0) is 47.0 Å². The fourth-order valence-electron chi connectivity index (χ4n) is 2.56. The molecule has 7 heteroatoms. The van der Waals surface area contributed by atoms with Crippen LogP contribution in [0.25, 0.3) is 11.0 Å². The summed E-state index contributed by atoms with van der Waals surface area (Å²) in [5.41, 5.74) is 9.58. The molecule has 114 valence electrons. The lowest BCUT2D eigenvalue weighted by atomic mass is 10.1. The molecule has 6 nitrogen and oxygen atoms in total. The maximum atomic E-state index is 5.74. The lowest BCUT2D eigenvalue weighted by molar-refractivity contribution is 0.405. The van der Waals surface area contributed by atoms with Crippen LogP contribution in [0.5, 0.6) is 5.75 Å². The van der Waals surface area contributed by atoms with E-state index < -0.39 is 0 Å².